The first-order valence-corrected chi connectivity index (χ1v) is 40.3. The second-order valence-corrected chi connectivity index (χ2v) is 28.3. The quantitative estimate of drug-likeness (QED) is 0.0955. The molecule has 22 aromatic rings. The fraction of sp³-hybridized carbons (Fsp3) is 0.00935. The summed E-state index contributed by atoms with van der Waals surface area (Å²) in [6.45, 7) is 1.94. The number of imidazole rings is 1. The summed E-state index contributed by atoms with van der Waals surface area (Å²) in [5, 5.41) is 5.21. The largest absolute Gasteiger partial charge is 3.00 e. The number of para-hydroxylation sites is 2. The van der Waals surface area contributed by atoms with E-state index in [1.54, 1.807) is 31.0 Å². The predicted molar refractivity (Wildman–Crippen MR) is 493 cm³/mol. The number of hydrogen-bond donors (Lipinski definition) is 0. The number of aromatic nitrogens is 13. The normalized spacial score (nSPS) is 10.6. The smallest absolute Gasteiger partial charge is 0.321 e. The first kappa shape index (κ1) is 89.4. The molecule has 13 nitrogen and oxygen atoms in total. The van der Waals surface area contributed by atoms with Crippen molar-refractivity contribution in [2.75, 3.05) is 0 Å². The summed E-state index contributed by atoms with van der Waals surface area (Å²) in [6, 6.07) is 130. The zero-order chi connectivity index (χ0) is 88.9. The van der Waals surface area contributed by atoms with Crippen LogP contribution in [0.4, 0.5) is 0 Å². The molecular weight excluding hydrogens is 2680 g/mol. The Morgan fingerprint density at radius 1 is 0.359 bits per heavy atom. The molecule has 0 atom stereocenters. The molecule has 0 aliphatic heterocycles. The first-order chi connectivity index (χ1) is 63.4. The second kappa shape index (κ2) is 53.6. The maximum atomic E-state index is 7.69. The third-order valence-corrected chi connectivity index (χ3v) is 20.5. The summed E-state index contributed by atoms with van der Waals surface area (Å²) in [7, 11) is 0. The van der Waals surface area contributed by atoms with E-state index in [1.165, 1.54) is 51.5 Å². The van der Waals surface area contributed by atoms with E-state index in [0.717, 1.165) is 85.2 Å². The molecule has 21 heteroatoms. The molecule has 0 saturated heterocycles. The summed E-state index contributed by atoms with van der Waals surface area (Å²) in [5.74, 6) is 0.466. The van der Waals surface area contributed by atoms with Crippen LogP contribution in [0, 0.1) is 49.6 Å². The third kappa shape index (κ3) is 28.2. The van der Waals surface area contributed by atoms with Crippen molar-refractivity contribution in [1.82, 2.24) is 54.4 Å². The van der Waals surface area contributed by atoms with Gasteiger partial charge < -0.3 is 29.5 Å². The number of aryl methyl sites for hydroxylation is 1. The Hall–Kier alpha value is -12.0. The fourth-order valence-electron chi connectivity index (χ4n) is 12.3. The Kier molecular flexibility index (Phi) is 37.4. The predicted octanol–water partition coefficient (Wildman–Crippen LogP) is 24.3. The van der Waals surface area contributed by atoms with Gasteiger partial charge in [0.05, 0.1) is 18.7 Å². The van der Waals surface area contributed by atoms with E-state index in [1.807, 2.05) is 306 Å². The van der Waals surface area contributed by atoms with Gasteiger partial charge in [-0.25, -0.2) is 19.9 Å². The van der Waals surface area contributed by atoms with E-state index >= 15 is 0 Å². The van der Waals surface area contributed by atoms with Crippen molar-refractivity contribution >= 4 is 63.0 Å². The van der Waals surface area contributed by atoms with E-state index in [2.05, 4.69) is 190 Å². The molecule has 0 aliphatic carbocycles. The fourth-order valence-corrected chi connectivity index (χ4v) is 14.8. The molecule has 10 aromatic carbocycles. The Morgan fingerprint density at radius 2 is 0.820 bits per heavy atom. The summed E-state index contributed by atoms with van der Waals surface area (Å²) in [6.07, 6.45) is 19.8. The second-order valence-electron chi connectivity index (χ2n) is 26.2. The zero-order valence-electron chi connectivity index (χ0n) is 74.7. The maximum Gasteiger partial charge on any atom is 3.00 e. The van der Waals surface area contributed by atoms with Gasteiger partial charge in [-0.2, -0.15) is 53.0 Å². The van der Waals surface area contributed by atoms with Crippen molar-refractivity contribution in [3.05, 3.63) is 487 Å². The van der Waals surface area contributed by atoms with E-state index in [-0.39, 0.29) is 138 Å². The van der Waals surface area contributed by atoms with Crippen LogP contribution in [0.25, 0.3) is 142 Å². The van der Waals surface area contributed by atoms with Crippen molar-refractivity contribution in [2.24, 2.45) is 0 Å². The summed E-state index contributed by atoms with van der Waals surface area (Å²) in [4.78, 5) is 42.2. The van der Waals surface area contributed by atoms with Gasteiger partial charge in [0.25, 0.3) is 6.33 Å². The van der Waals surface area contributed by atoms with E-state index < -0.39 is 30.5 Å². The molecule has 12 aromatic heterocycles. The molecule has 22 rings (SSSR count). The number of nitrogens with one attached hydrogen (secondary N) is 1. The number of nitrogens with zero attached hydrogens (tertiary/aromatic N) is 12. The zero-order valence-corrected chi connectivity index (χ0v) is 83.7. The topological polar surface area (TPSA) is 152 Å². The Bertz CT molecular complexity index is 6950. The van der Waals surface area contributed by atoms with Gasteiger partial charge in [-0.05, 0) is 157 Å². The Balaban J connectivity index is 0.000000173. The molecule has 12 heterocycles. The van der Waals surface area contributed by atoms with Crippen molar-refractivity contribution in [1.29, 1.82) is 0 Å². The van der Waals surface area contributed by atoms with Crippen molar-refractivity contribution in [2.45, 2.75) is 6.92 Å². The number of thiophene rings is 2. The van der Waals surface area contributed by atoms with Gasteiger partial charge in [0, 0.05) is 184 Å². The molecule has 637 valence electrons. The molecule has 0 spiro atoms. The first-order valence-electron chi connectivity index (χ1n) is 42.1. The van der Waals surface area contributed by atoms with Gasteiger partial charge in [0.2, 0.25) is 0 Å². The van der Waals surface area contributed by atoms with Crippen LogP contribution in [0.15, 0.2) is 438 Å². The van der Waals surface area contributed by atoms with Crippen molar-refractivity contribution in [3.63, 3.8) is 0 Å². The summed E-state index contributed by atoms with van der Waals surface area (Å²) in [5.41, 5.74) is 16.2. The standard InChI is InChI=1S/2C17H10NS.C17H12N.C15H11N2.2C11H8N.C10H9N3.C9H7N3.6Ir/c2*1-2-10-16-12(6-1)13-7-5-8-14(17(13)19-16)15-9-3-4-11-18-15;1-2-7-14(8-3-1)15-9-6-10-16(13-15)17-11-4-5-12-18-17;1-3-7-14(8-4-1)16-11-12-17(13-16)15-9-5-2-6-10-15;2*1-2-6-10(7-3-1)11-8-4-5-9-12-11;1-8-5-7-12-10(13-8)9-4-2-3-6-11-9;1-2-5-10-8(4-1)9-11-6-3-7-12-9;;;;;;/h2*1-7,9-11H;1-9,11-13H;1-9,11-12H;2*1-6,8-9H;2-7H,1H3;1-7H;;;;;;/q6*-1;;;;;;;;+3/p+1/i;;;;;;;1D,2D,3D,4D,5D,6D;;;;;;/hD. The average molecular weight is 2770 g/mol. The molecule has 0 fully saturated rings. The van der Waals surface area contributed by atoms with Crippen LogP contribution in [0.1, 0.15) is 13.9 Å². The molecule has 128 heavy (non-hydrogen) atoms. The Labute approximate surface area is 844 Å². The van der Waals surface area contributed by atoms with Crippen molar-refractivity contribution < 1.29 is 140 Å². The number of rotatable bonds is 10. The van der Waals surface area contributed by atoms with E-state index in [4.69, 9.17) is 9.64 Å². The molecule has 0 aliphatic rings. The Morgan fingerprint density at radius 3 is 1.32 bits per heavy atom. The van der Waals surface area contributed by atoms with E-state index in [0.29, 0.717) is 10.8 Å². The number of benzene rings is 10. The van der Waals surface area contributed by atoms with Crippen LogP contribution in [-0.2, 0) is 121 Å². The van der Waals surface area contributed by atoms with Crippen LogP contribution < -0.4 is 9.54 Å². The number of H-pyrrole nitrogens is 1. The molecule has 0 saturated carbocycles. The number of fused-ring (bicyclic) bond motifs is 6. The summed E-state index contributed by atoms with van der Waals surface area (Å²) < 4.78 is 61.5. The monoisotopic (exact) mass is 2770 g/mol. The van der Waals surface area contributed by atoms with Crippen LogP contribution in [-0.4, -0.2) is 54.4 Å². The summed E-state index contributed by atoms with van der Waals surface area (Å²) >= 11 is 3.62. The van der Waals surface area contributed by atoms with Crippen LogP contribution in [0.3, 0.4) is 0 Å². The van der Waals surface area contributed by atoms with Gasteiger partial charge in [0.1, 0.15) is 13.3 Å². The maximum absolute atomic E-state index is 7.69. The minimum absolute atomic E-state index is 0. The van der Waals surface area contributed by atoms with Gasteiger partial charge >= 0.3 is 27.3 Å². The number of aromatic amines is 1. The molecule has 1 N–H and O–H groups in total. The van der Waals surface area contributed by atoms with Crippen LogP contribution in [0.2, 0.25) is 1.41 Å². The molecule has 0 bridgehead atoms. The third-order valence-electron chi connectivity index (χ3n) is 18.1. The molecule has 0 amide bonds. The molecule has 0 unspecified atom stereocenters. The van der Waals surface area contributed by atoms with Crippen LogP contribution >= 0.6 is 22.7 Å². The number of pyridine rings is 7. The minimum atomic E-state index is -0.501. The van der Waals surface area contributed by atoms with Gasteiger partial charge in [-0.3, -0.25) is 9.55 Å². The van der Waals surface area contributed by atoms with Gasteiger partial charge in [0.15, 0.2) is 11.5 Å². The number of hydrogen-bond acceptors (Lipinski definition) is 12. The van der Waals surface area contributed by atoms with Gasteiger partial charge in [-0.15, -0.1) is 155 Å². The van der Waals surface area contributed by atoms with Crippen molar-refractivity contribution in [3.8, 4) is 102 Å². The molecule has 5 radical (unpaired) electrons. The van der Waals surface area contributed by atoms with Gasteiger partial charge in [-0.1, -0.05) is 168 Å². The SMILES string of the molecule is Cc1ccnc(-c2ccccn2)n1.[2H]c1cnc(-c2nc([2H])c([2H])c([2H])c2[2H])[n+]([2H])c1[2H].[Ir+3].[Ir].[Ir].[Ir].[Ir].[Ir].[c-]1ccc(-c2ccccc2)cc1-c1ccccn1.[c-]1ccc2c(sc3ccccc32)c1-c1ccccn1.[c-]1ccc2c(sc3ccccc32)c1-c1ccccn1.[c-]1ccccc1-[n+]1[c-]n(-c2ccccc2)cc1.[c-]1ccccc1-c1ccccn1.[c-]1ccccc1-c1ccccn1. The van der Waals surface area contributed by atoms with E-state index in [9.17, 15) is 0 Å². The minimum Gasteiger partial charge on any atom is -0.321 e. The van der Waals surface area contributed by atoms with Crippen LogP contribution in [0.5, 0.6) is 0 Å². The average Bonchev–Trinajstić information content (AvgIpc) is 1.61. The molecular formula is C107H76Ir6N13S2-2.